The fourth-order valence-electron chi connectivity index (χ4n) is 4.22. The summed E-state index contributed by atoms with van der Waals surface area (Å²) in [6, 6.07) is 0. The predicted molar refractivity (Wildman–Crippen MR) is 91.9 cm³/mol. The molecular weight excluding hydrogens is 288 g/mol. The molecule has 5 nitrogen and oxygen atoms in total. The molecule has 0 unspecified atom stereocenters. The lowest BCUT2D eigenvalue weighted by Crippen LogP contribution is -2.45. The van der Waals surface area contributed by atoms with E-state index in [-0.39, 0.29) is 0 Å². The van der Waals surface area contributed by atoms with Crippen molar-refractivity contribution in [3.05, 3.63) is 11.9 Å². The highest BCUT2D eigenvalue weighted by molar-refractivity contribution is 5.99. The number of amidine groups is 1. The zero-order chi connectivity index (χ0) is 15.8. The molecule has 0 N–H and O–H groups in total. The Morgan fingerprint density at radius 3 is 2.48 bits per heavy atom. The number of methoxy groups -OCH3 is 1. The van der Waals surface area contributed by atoms with Crippen LogP contribution in [-0.2, 0) is 4.74 Å². The van der Waals surface area contributed by atoms with E-state index in [9.17, 15) is 0 Å². The first-order valence-corrected chi connectivity index (χ1v) is 9.22. The summed E-state index contributed by atoms with van der Waals surface area (Å²) in [5.74, 6) is 2.92. The summed E-state index contributed by atoms with van der Waals surface area (Å²) in [6.45, 7) is 4.20. The van der Waals surface area contributed by atoms with E-state index in [1.54, 1.807) is 0 Å². The van der Waals surface area contributed by atoms with Crippen molar-refractivity contribution in [1.82, 2.24) is 14.7 Å². The third-order valence-electron chi connectivity index (χ3n) is 5.82. The van der Waals surface area contributed by atoms with Crippen molar-refractivity contribution in [2.75, 3.05) is 40.6 Å². The molecule has 4 aliphatic rings. The first-order chi connectivity index (χ1) is 11.2. The second-order valence-electron chi connectivity index (χ2n) is 7.79. The van der Waals surface area contributed by atoms with E-state index >= 15 is 0 Å². The summed E-state index contributed by atoms with van der Waals surface area (Å²) in [5, 5.41) is 0. The molecule has 0 aromatic heterocycles. The van der Waals surface area contributed by atoms with Crippen molar-refractivity contribution >= 4 is 5.84 Å². The lowest BCUT2D eigenvalue weighted by molar-refractivity contribution is 0.0506. The summed E-state index contributed by atoms with van der Waals surface area (Å²) in [5.41, 5.74) is 1.36. The third-order valence-corrected chi connectivity index (χ3v) is 5.82. The summed E-state index contributed by atoms with van der Waals surface area (Å²) >= 11 is 0. The maximum Gasteiger partial charge on any atom is 0.152 e. The van der Waals surface area contributed by atoms with Crippen molar-refractivity contribution in [2.45, 2.75) is 44.6 Å². The Labute approximate surface area is 140 Å². The smallest absolute Gasteiger partial charge is 0.152 e. The number of hydrogen-bond acceptors (Lipinski definition) is 5. The molecule has 0 aromatic carbocycles. The zero-order valence-corrected chi connectivity index (χ0v) is 14.6. The van der Waals surface area contributed by atoms with Crippen LogP contribution in [0.2, 0.25) is 0 Å². The summed E-state index contributed by atoms with van der Waals surface area (Å²) in [6.07, 6.45) is 10.7. The highest BCUT2D eigenvalue weighted by atomic mass is 16.5. The number of aliphatic imine (C=N–C) groups is 1. The molecule has 0 radical (unpaired) electrons. The van der Waals surface area contributed by atoms with Gasteiger partial charge in [0, 0.05) is 33.4 Å². The summed E-state index contributed by atoms with van der Waals surface area (Å²) in [7, 11) is 4.03. The minimum atomic E-state index is 0.497. The molecule has 5 heteroatoms. The van der Waals surface area contributed by atoms with E-state index in [1.807, 2.05) is 7.11 Å². The third kappa shape index (κ3) is 3.35. The molecule has 2 fully saturated rings. The van der Waals surface area contributed by atoms with Crippen LogP contribution in [-0.4, -0.2) is 67.2 Å². The zero-order valence-electron chi connectivity index (χ0n) is 14.6. The van der Waals surface area contributed by atoms with Gasteiger partial charge in [0.05, 0.1) is 18.5 Å². The van der Waals surface area contributed by atoms with Crippen LogP contribution in [0.15, 0.2) is 16.9 Å². The van der Waals surface area contributed by atoms with Gasteiger partial charge in [-0.1, -0.05) is 0 Å². The fourth-order valence-corrected chi connectivity index (χ4v) is 4.22. The average Bonchev–Trinajstić information content (AvgIpc) is 3.28. The maximum absolute atomic E-state index is 5.50. The van der Waals surface area contributed by atoms with Gasteiger partial charge in [0.15, 0.2) is 5.84 Å². The van der Waals surface area contributed by atoms with Crippen molar-refractivity contribution in [3.8, 4) is 0 Å². The molecule has 2 saturated carbocycles. The molecule has 0 atom stereocenters. The van der Waals surface area contributed by atoms with Crippen LogP contribution in [0, 0.1) is 11.8 Å². The van der Waals surface area contributed by atoms with Crippen LogP contribution in [0.5, 0.6) is 0 Å². The standard InChI is InChI=1S/C18H30N4O/c1-20-13-21(9-14-5-7-16(23-2)8-6-14)11-17-18(20)19-12-22(17)10-15-3-4-15/h11,14-16H,3-10,12-13H2,1-2H3. The van der Waals surface area contributed by atoms with Gasteiger partial charge in [0.25, 0.3) is 0 Å². The van der Waals surface area contributed by atoms with Gasteiger partial charge in [0.1, 0.15) is 6.67 Å². The van der Waals surface area contributed by atoms with Crippen molar-refractivity contribution in [2.24, 2.45) is 16.8 Å². The van der Waals surface area contributed by atoms with Gasteiger partial charge in [-0.15, -0.1) is 0 Å². The van der Waals surface area contributed by atoms with E-state index < -0.39 is 0 Å². The monoisotopic (exact) mass is 318 g/mol. The quantitative estimate of drug-likeness (QED) is 0.778. The molecule has 128 valence electrons. The van der Waals surface area contributed by atoms with Crippen LogP contribution >= 0.6 is 0 Å². The van der Waals surface area contributed by atoms with Crippen LogP contribution in [0.3, 0.4) is 0 Å². The van der Waals surface area contributed by atoms with Crippen LogP contribution in [0.25, 0.3) is 0 Å². The van der Waals surface area contributed by atoms with E-state index in [1.165, 1.54) is 63.1 Å². The van der Waals surface area contributed by atoms with E-state index in [4.69, 9.17) is 9.73 Å². The lowest BCUT2D eigenvalue weighted by atomic mass is 9.87. The fraction of sp³-hybridized carbons (Fsp3) is 0.833. The highest BCUT2D eigenvalue weighted by Gasteiger charge is 2.34. The van der Waals surface area contributed by atoms with Crippen LogP contribution in [0.1, 0.15) is 38.5 Å². The minimum Gasteiger partial charge on any atom is -0.381 e. The Bertz CT molecular complexity index is 491. The molecule has 23 heavy (non-hydrogen) atoms. The molecule has 0 amide bonds. The normalized spacial score (nSPS) is 31.1. The summed E-state index contributed by atoms with van der Waals surface area (Å²) in [4.78, 5) is 12.1. The first kappa shape index (κ1) is 15.3. The van der Waals surface area contributed by atoms with E-state index in [0.29, 0.717) is 6.10 Å². The average molecular weight is 318 g/mol. The van der Waals surface area contributed by atoms with Gasteiger partial charge in [-0.25, -0.2) is 4.99 Å². The van der Waals surface area contributed by atoms with Crippen molar-refractivity contribution < 1.29 is 4.74 Å². The van der Waals surface area contributed by atoms with Crippen molar-refractivity contribution in [3.63, 3.8) is 0 Å². The van der Waals surface area contributed by atoms with E-state index in [0.717, 1.165) is 25.2 Å². The number of nitrogens with zero attached hydrogens (tertiary/aromatic N) is 4. The summed E-state index contributed by atoms with van der Waals surface area (Å²) < 4.78 is 5.50. The topological polar surface area (TPSA) is 31.3 Å². The molecule has 0 spiro atoms. The van der Waals surface area contributed by atoms with Gasteiger partial charge in [-0.05, 0) is 50.4 Å². The van der Waals surface area contributed by atoms with Crippen molar-refractivity contribution in [1.29, 1.82) is 0 Å². The molecule has 4 rings (SSSR count). The number of ether oxygens (including phenoxy) is 1. The largest absolute Gasteiger partial charge is 0.381 e. The van der Waals surface area contributed by atoms with Gasteiger partial charge in [-0.3, -0.25) is 0 Å². The Morgan fingerprint density at radius 1 is 1.09 bits per heavy atom. The number of hydrogen-bond donors (Lipinski definition) is 0. The number of likely N-dealkylation sites (N-methyl/N-ethyl adjacent to an activating group) is 1. The molecule has 2 heterocycles. The Hall–Kier alpha value is -1.23. The van der Waals surface area contributed by atoms with Crippen LogP contribution in [0.4, 0.5) is 0 Å². The SMILES string of the molecule is COC1CCC(CN2C=C3C(=NCN3CC3CC3)N(C)C2)CC1. The second kappa shape index (κ2) is 6.34. The van der Waals surface area contributed by atoms with Gasteiger partial charge < -0.3 is 19.4 Å². The van der Waals surface area contributed by atoms with E-state index in [2.05, 4.69) is 27.9 Å². The molecular formula is C18H30N4O. The molecule has 0 saturated heterocycles. The number of fused-ring (bicyclic) bond motifs is 1. The predicted octanol–water partition coefficient (Wildman–Crippen LogP) is 2.32. The highest BCUT2D eigenvalue weighted by Crippen LogP contribution is 2.33. The lowest BCUT2D eigenvalue weighted by Gasteiger charge is -2.38. The van der Waals surface area contributed by atoms with Gasteiger partial charge in [-0.2, -0.15) is 0 Å². The maximum atomic E-state index is 5.50. The van der Waals surface area contributed by atoms with Crippen LogP contribution < -0.4 is 0 Å². The minimum absolute atomic E-state index is 0.497. The Morgan fingerprint density at radius 2 is 1.78 bits per heavy atom. The first-order valence-electron chi connectivity index (χ1n) is 9.22. The van der Waals surface area contributed by atoms with Gasteiger partial charge in [0.2, 0.25) is 0 Å². The van der Waals surface area contributed by atoms with Gasteiger partial charge >= 0.3 is 0 Å². The second-order valence-corrected chi connectivity index (χ2v) is 7.79. The molecule has 0 aromatic rings. The molecule has 2 aliphatic heterocycles. The molecule has 2 aliphatic carbocycles. The number of rotatable bonds is 5. The molecule has 0 bridgehead atoms. The Kier molecular flexibility index (Phi) is 4.22. The Balaban J connectivity index is 1.39.